The van der Waals surface area contributed by atoms with Gasteiger partial charge in [0.1, 0.15) is 11.9 Å². The summed E-state index contributed by atoms with van der Waals surface area (Å²) in [6, 6.07) is 7.74. The molecule has 0 aliphatic heterocycles. The number of hydrogen-bond donors (Lipinski definition) is 1. The van der Waals surface area contributed by atoms with Crippen molar-refractivity contribution in [2.24, 2.45) is 7.05 Å². The number of aromatic nitrogens is 2. The first kappa shape index (κ1) is 11.7. The lowest BCUT2D eigenvalue weighted by molar-refractivity contribution is 0.813. The van der Waals surface area contributed by atoms with Crippen molar-refractivity contribution in [2.45, 2.75) is 6.54 Å². The molecule has 0 aliphatic rings. The molecule has 5 heteroatoms. The summed E-state index contributed by atoms with van der Waals surface area (Å²) in [6.45, 7) is 0.597. The Balaban J connectivity index is 2.15. The summed E-state index contributed by atoms with van der Waals surface area (Å²) in [5.74, 6) is 0.928. The van der Waals surface area contributed by atoms with Crippen LogP contribution in [0, 0.1) is 11.3 Å². The molecule has 0 saturated heterocycles. The van der Waals surface area contributed by atoms with Gasteiger partial charge in [-0.15, -0.1) is 0 Å². The molecule has 0 bridgehead atoms. The van der Waals surface area contributed by atoms with Gasteiger partial charge in [0, 0.05) is 23.9 Å². The van der Waals surface area contributed by atoms with Gasteiger partial charge in [0.25, 0.3) is 0 Å². The largest absolute Gasteiger partial charge is 0.377 e. The normalized spacial score (nSPS) is 9.94. The number of nitriles is 1. The Hall–Kier alpha value is -1.80. The first-order chi connectivity index (χ1) is 8.20. The SMILES string of the molecule is Cn1ccnc1CNc1ccc(Br)cc1C#N. The zero-order valence-corrected chi connectivity index (χ0v) is 10.9. The lowest BCUT2D eigenvalue weighted by atomic mass is 10.2. The minimum Gasteiger partial charge on any atom is -0.377 e. The van der Waals surface area contributed by atoms with Crippen LogP contribution in [0.15, 0.2) is 35.1 Å². The van der Waals surface area contributed by atoms with Crippen LogP contribution in [0.2, 0.25) is 0 Å². The molecule has 0 atom stereocenters. The molecular weight excluding hydrogens is 280 g/mol. The summed E-state index contributed by atoms with van der Waals surface area (Å²) < 4.78 is 2.84. The average Bonchev–Trinajstić information content (AvgIpc) is 2.73. The lowest BCUT2D eigenvalue weighted by Gasteiger charge is -2.08. The molecule has 0 saturated carbocycles. The highest BCUT2D eigenvalue weighted by Crippen LogP contribution is 2.20. The second kappa shape index (κ2) is 5.02. The van der Waals surface area contributed by atoms with E-state index < -0.39 is 0 Å². The number of aryl methyl sites for hydroxylation is 1. The molecule has 0 amide bonds. The first-order valence-corrected chi connectivity index (χ1v) is 5.89. The number of benzene rings is 1. The van der Waals surface area contributed by atoms with Crippen molar-refractivity contribution in [3.63, 3.8) is 0 Å². The van der Waals surface area contributed by atoms with Gasteiger partial charge in [-0.05, 0) is 18.2 Å². The summed E-state index contributed by atoms with van der Waals surface area (Å²) >= 11 is 3.34. The predicted molar refractivity (Wildman–Crippen MR) is 69.4 cm³/mol. The van der Waals surface area contributed by atoms with Crippen LogP contribution in [0.1, 0.15) is 11.4 Å². The van der Waals surface area contributed by atoms with Gasteiger partial charge >= 0.3 is 0 Å². The maximum atomic E-state index is 9.02. The van der Waals surface area contributed by atoms with Crippen molar-refractivity contribution in [1.29, 1.82) is 5.26 Å². The zero-order chi connectivity index (χ0) is 12.3. The molecule has 4 nitrogen and oxygen atoms in total. The quantitative estimate of drug-likeness (QED) is 0.946. The van der Waals surface area contributed by atoms with Crippen molar-refractivity contribution in [2.75, 3.05) is 5.32 Å². The van der Waals surface area contributed by atoms with Crippen molar-refractivity contribution in [3.8, 4) is 6.07 Å². The van der Waals surface area contributed by atoms with Crippen LogP contribution in [-0.4, -0.2) is 9.55 Å². The second-order valence-electron chi connectivity index (χ2n) is 3.61. The third-order valence-electron chi connectivity index (χ3n) is 2.46. The molecule has 1 heterocycles. The minimum atomic E-state index is 0.597. The molecule has 17 heavy (non-hydrogen) atoms. The van der Waals surface area contributed by atoms with Crippen molar-refractivity contribution in [1.82, 2.24) is 9.55 Å². The van der Waals surface area contributed by atoms with Crippen molar-refractivity contribution < 1.29 is 0 Å². The zero-order valence-electron chi connectivity index (χ0n) is 9.31. The Bertz CT molecular complexity index is 568. The number of nitrogens with zero attached hydrogens (tertiary/aromatic N) is 3. The van der Waals surface area contributed by atoms with E-state index in [-0.39, 0.29) is 0 Å². The Labute approximate surface area is 108 Å². The molecule has 0 radical (unpaired) electrons. The predicted octanol–water partition coefficient (Wildman–Crippen LogP) is 2.67. The maximum Gasteiger partial charge on any atom is 0.127 e. The van der Waals surface area contributed by atoms with Crippen LogP contribution in [0.4, 0.5) is 5.69 Å². The highest BCUT2D eigenvalue weighted by molar-refractivity contribution is 9.10. The fraction of sp³-hybridized carbons (Fsp3) is 0.167. The highest BCUT2D eigenvalue weighted by Gasteiger charge is 2.04. The molecule has 1 aromatic carbocycles. The van der Waals surface area contributed by atoms with Crippen LogP contribution in [0.3, 0.4) is 0 Å². The average molecular weight is 291 g/mol. The molecule has 0 spiro atoms. The monoisotopic (exact) mass is 290 g/mol. The van der Waals surface area contributed by atoms with Gasteiger partial charge in [-0.3, -0.25) is 0 Å². The Morgan fingerprint density at radius 3 is 3.00 bits per heavy atom. The summed E-state index contributed by atoms with van der Waals surface area (Å²) in [4.78, 5) is 4.21. The fourth-order valence-electron chi connectivity index (χ4n) is 1.50. The van der Waals surface area contributed by atoms with Crippen LogP contribution < -0.4 is 5.32 Å². The third-order valence-corrected chi connectivity index (χ3v) is 2.95. The first-order valence-electron chi connectivity index (χ1n) is 5.10. The highest BCUT2D eigenvalue weighted by atomic mass is 79.9. The number of anilines is 1. The summed E-state index contributed by atoms with van der Waals surface area (Å²) in [5.41, 5.74) is 1.44. The summed E-state index contributed by atoms with van der Waals surface area (Å²) in [5, 5.41) is 12.2. The fourth-order valence-corrected chi connectivity index (χ4v) is 1.87. The smallest absolute Gasteiger partial charge is 0.127 e. The van der Waals surface area contributed by atoms with E-state index in [1.807, 2.05) is 29.9 Å². The molecule has 2 aromatic rings. The van der Waals surface area contributed by atoms with E-state index in [2.05, 4.69) is 32.3 Å². The Morgan fingerprint density at radius 2 is 2.35 bits per heavy atom. The minimum absolute atomic E-state index is 0.597. The number of halogens is 1. The number of rotatable bonds is 3. The van der Waals surface area contributed by atoms with Crippen LogP contribution in [0.25, 0.3) is 0 Å². The molecular formula is C12H11BrN4. The molecule has 1 N–H and O–H groups in total. The standard InChI is InChI=1S/C12H11BrN4/c1-17-5-4-15-12(17)8-16-11-3-2-10(13)6-9(11)7-14/h2-6,16H,8H2,1H3. The van der Waals surface area contributed by atoms with E-state index in [0.29, 0.717) is 12.1 Å². The number of imidazole rings is 1. The van der Waals surface area contributed by atoms with E-state index in [1.54, 1.807) is 12.3 Å². The van der Waals surface area contributed by atoms with Gasteiger partial charge in [-0.2, -0.15) is 5.26 Å². The Kier molecular flexibility index (Phi) is 3.45. The molecule has 2 rings (SSSR count). The van der Waals surface area contributed by atoms with Crippen LogP contribution in [0.5, 0.6) is 0 Å². The molecule has 86 valence electrons. The van der Waals surface area contributed by atoms with E-state index in [0.717, 1.165) is 16.0 Å². The van der Waals surface area contributed by atoms with Crippen LogP contribution >= 0.6 is 15.9 Å². The molecule has 0 fully saturated rings. The van der Waals surface area contributed by atoms with Gasteiger partial charge in [0.2, 0.25) is 0 Å². The lowest BCUT2D eigenvalue weighted by Crippen LogP contribution is -2.06. The van der Waals surface area contributed by atoms with Gasteiger partial charge < -0.3 is 9.88 Å². The van der Waals surface area contributed by atoms with Crippen LogP contribution in [-0.2, 0) is 13.6 Å². The van der Waals surface area contributed by atoms with Crippen molar-refractivity contribution in [3.05, 3.63) is 46.5 Å². The van der Waals surface area contributed by atoms with Gasteiger partial charge in [-0.1, -0.05) is 15.9 Å². The Morgan fingerprint density at radius 1 is 1.53 bits per heavy atom. The maximum absolute atomic E-state index is 9.02. The molecule has 0 aliphatic carbocycles. The third kappa shape index (κ3) is 2.66. The van der Waals surface area contributed by atoms with Gasteiger partial charge in [0.05, 0.1) is 17.8 Å². The number of nitrogens with one attached hydrogen (secondary N) is 1. The van der Waals surface area contributed by atoms with E-state index in [4.69, 9.17) is 5.26 Å². The van der Waals surface area contributed by atoms with Crippen molar-refractivity contribution >= 4 is 21.6 Å². The topological polar surface area (TPSA) is 53.6 Å². The van der Waals surface area contributed by atoms with E-state index in [1.165, 1.54) is 0 Å². The van der Waals surface area contributed by atoms with Gasteiger partial charge in [-0.25, -0.2) is 4.98 Å². The van der Waals surface area contributed by atoms with E-state index >= 15 is 0 Å². The molecule has 1 aromatic heterocycles. The second-order valence-corrected chi connectivity index (χ2v) is 4.53. The van der Waals surface area contributed by atoms with E-state index in [9.17, 15) is 0 Å². The summed E-state index contributed by atoms with van der Waals surface area (Å²) in [6.07, 6.45) is 3.65. The number of hydrogen-bond acceptors (Lipinski definition) is 3. The summed E-state index contributed by atoms with van der Waals surface area (Å²) in [7, 11) is 1.94. The van der Waals surface area contributed by atoms with Gasteiger partial charge in [0.15, 0.2) is 0 Å². The molecule has 0 unspecified atom stereocenters.